The van der Waals surface area contributed by atoms with E-state index in [0.29, 0.717) is 5.88 Å². The predicted octanol–water partition coefficient (Wildman–Crippen LogP) is 4.49. The number of imidazole rings is 1. The van der Waals surface area contributed by atoms with Gasteiger partial charge in [0.2, 0.25) is 0 Å². The van der Waals surface area contributed by atoms with E-state index in [-0.39, 0.29) is 0 Å². The van der Waals surface area contributed by atoms with Crippen LogP contribution in [0.2, 0.25) is 0 Å². The van der Waals surface area contributed by atoms with Crippen LogP contribution in [0.3, 0.4) is 0 Å². The number of nitrogens with zero attached hydrogens (tertiary/aromatic N) is 3. The van der Waals surface area contributed by atoms with Gasteiger partial charge in [0, 0.05) is 25.0 Å². The van der Waals surface area contributed by atoms with Crippen LogP contribution in [-0.4, -0.2) is 20.4 Å². The molecule has 0 amide bonds. The van der Waals surface area contributed by atoms with Gasteiger partial charge in [0.15, 0.2) is 5.65 Å². The maximum absolute atomic E-state index is 5.93. The third-order valence-corrected chi connectivity index (χ3v) is 4.78. The summed E-state index contributed by atoms with van der Waals surface area (Å²) in [6, 6.07) is 2.12. The molecular weight excluding hydrogens is 282 g/mol. The van der Waals surface area contributed by atoms with Gasteiger partial charge in [-0.3, -0.25) is 0 Å². The molecule has 1 fully saturated rings. The molecule has 1 saturated carbocycles. The minimum Gasteiger partial charge on any atom is -0.313 e. The van der Waals surface area contributed by atoms with E-state index in [9.17, 15) is 0 Å². The van der Waals surface area contributed by atoms with Crippen molar-refractivity contribution >= 4 is 22.8 Å². The summed E-state index contributed by atoms with van der Waals surface area (Å²) in [6.07, 6.45) is 11.0. The van der Waals surface area contributed by atoms with Gasteiger partial charge >= 0.3 is 0 Å². The highest BCUT2D eigenvalue weighted by Gasteiger charge is 2.16. The molecule has 2 heterocycles. The second-order valence-electron chi connectivity index (χ2n) is 6.27. The van der Waals surface area contributed by atoms with Gasteiger partial charge in [0.05, 0.1) is 0 Å². The van der Waals surface area contributed by atoms with Crippen molar-refractivity contribution in [1.82, 2.24) is 14.5 Å². The molecule has 1 aliphatic carbocycles. The maximum atomic E-state index is 5.93. The molecule has 114 valence electrons. The number of fused-ring (bicyclic) bond motifs is 1. The van der Waals surface area contributed by atoms with Crippen molar-refractivity contribution in [1.29, 1.82) is 0 Å². The van der Waals surface area contributed by atoms with Crippen molar-refractivity contribution in [2.75, 3.05) is 5.88 Å². The number of pyridine rings is 1. The topological polar surface area (TPSA) is 30.7 Å². The monoisotopic (exact) mass is 305 g/mol. The lowest BCUT2D eigenvalue weighted by Gasteiger charge is -2.11. The van der Waals surface area contributed by atoms with Crippen LogP contribution in [-0.2, 0) is 13.0 Å². The Labute approximate surface area is 131 Å². The smallest absolute Gasteiger partial charge is 0.160 e. The standard InChI is InChI=1S/C17H24ClN3/c1-13-11-15-17(19-12-13)21(16(20-15)8-9-18)10-4-7-14-5-2-3-6-14/h11-12,14H,2-10H2,1H3. The summed E-state index contributed by atoms with van der Waals surface area (Å²) < 4.78 is 2.28. The molecule has 1 aliphatic rings. The summed E-state index contributed by atoms with van der Waals surface area (Å²) in [7, 11) is 0. The highest BCUT2D eigenvalue weighted by atomic mass is 35.5. The summed E-state index contributed by atoms with van der Waals surface area (Å²) in [5.74, 6) is 2.65. The molecule has 0 atom stereocenters. The average Bonchev–Trinajstić information content (AvgIpc) is 3.08. The van der Waals surface area contributed by atoms with E-state index in [0.717, 1.165) is 41.4 Å². The number of aryl methyl sites for hydroxylation is 3. The van der Waals surface area contributed by atoms with Crippen LogP contribution in [0.1, 0.15) is 49.9 Å². The number of alkyl halides is 1. The van der Waals surface area contributed by atoms with Crippen molar-refractivity contribution in [3.05, 3.63) is 23.7 Å². The molecule has 3 rings (SSSR count). The van der Waals surface area contributed by atoms with Crippen LogP contribution in [0.5, 0.6) is 0 Å². The molecule has 4 heteroatoms. The van der Waals surface area contributed by atoms with Crippen LogP contribution in [0.4, 0.5) is 0 Å². The SMILES string of the molecule is Cc1cnc2c(c1)nc(CCCl)n2CCCC1CCCC1. The van der Waals surface area contributed by atoms with Gasteiger partial charge in [0.25, 0.3) is 0 Å². The van der Waals surface area contributed by atoms with E-state index in [1.165, 1.54) is 38.5 Å². The molecule has 21 heavy (non-hydrogen) atoms. The Balaban J connectivity index is 1.76. The Kier molecular flexibility index (Phi) is 4.79. The van der Waals surface area contributed by atoms with Crippen molar-refractivity contribution < 1.29 is 0 Å². The fourth-order valence-electron chi connectivity index (χ4n) is 3.51. The first kappa shape index (κ1) is 14.8. The van der Waals surface area contributed by atoms with E-state index in [4.69, 9.17) is 16.6 Å². The van der Waals surface area contributed by atoms with Crippen molar-refractivity contribution in [3.8, 4) is 0 Å². The van der Waals surface area contributed by atoms with E-state index < -0.39 is 0 Å². The lowest BCUT2D eigenvalue weighted by molar-refractivity contribution is 0.457. The van der Waals surface area contributed by atoms with Crippen molar-refractivity contribution in [3.63, 3.8) is 0 Å². The maximum Gasteiger partial charge on any atom is 0.160 e. The van der Waals surface area contributed by atoms with Gasteiger partial charge in [-0.2, -0.15) is 0 Å². The number of aromatic nitrogens is 3. The van der Waals surface area contributed by atoms with Crippen molar-refractivity contribution in [2.45, 2.75) is 58.4 Å². The Morgan fingerprint density at radius 2 is 2.14 bits per heavy atom. The fourth-order valence-corrected chi connectivity index (χ4v) is 3.67. The van der Waals surface area contributed by atoms with Crippen LogP contribution < -0.4 is 0 Å². The third kappa shape index (κ3) is 3.39. The zero-order valence-corrected chi connectivity index (χ0v) is 13.6. The summed E-state index contributed by atoms with van der Waals surface area (Å²) in [5.41, 5.74) is 3.19. The molecule has 0 aromatic carbocycles. The normalized spacial score (nSPS) is 16.1. The number of hydrogen-bond acceptors (Lipinski definition) is 2. The first-order valence-electron chi connectivity index (χ1n) is 8.15. The molecule has 2 aromatic rings. The lowest BCUT2D eigenvalue weighted by Crippen LogP contribution is -2.07. The number of rotatable bonds is 6. The summed E-state index contributed by atoms with van der Waals surface area (Å²) in [4.78, 5) is 9.32. The summed E-state index contributed by atoms with van der Waals surface area (Å²) in [6.45, 7) is 3.09. The average molecular weight is 306 g/mol. The van der Waals surface area contributed by atoms with Gasteiger partial charge in [-0.15, -0.1) is 11.6 Å². The van der Waals surface area contributed by atoms with Gasteiger partial charge < -0.3 is 4.57 Å². The van der Waals surface area contributed by atoms with Crippen LogP contribution in [0.25, 0.3) is 11.2 Å². The van der Waals surface area contributed by atoms with E-state index in [2.05, 4.69) is 22.5 Å². The molecule has 0 N–H and O–H groups in total. The quantitative estimate of drug-likeness (QED) is 0.736. The molecule has 0 radical (unpaired) electrons. The second kappa shape index (κ2) is 6.78. The van der Waals surface area contributed by atoms with Gasteiger partial charge in [-0.25, -0.2) is 9.97 Å². The summed E-state index contributed by atoms with van der Waals surface area (Å²) >= 11 is 5.93. The molecule has 0 spiro atoms. The zero-order valence-electron chi connectivity index (χ0n) is 12.8. The van der Waals surface area contributed by atoms with E-state index in [1.807, 2.05) is 6.20 Å². The third-order valence-electron chi connectivity index (χ3n) is 4.59. The predicted molar refractivity (Wildman–Crippen MR) is 87.9 cm³/mol. The van der Waals surface area contributed by atoms with Crippen molar-refractivity contribution in [2.24, 2.45) is 5.92 Å². The molecule has 3 nitrogen and oxygen atoms in total. The first-order chi connectivity index (χ1) is 10.3. The van der Waals surface area contributed by atoms with Crippen LogP contribution in [0, 0.1) is 12.8 Å². The molecule has 2 aromatic heterocycles. The molecule has 0 aliphatic heterocycles. The van der Waals surface area contributed by atoms with Gasteiger partial charge in [-0.1, -0.05) is 25.7 Å². The van der Waals surface area contributed by atoms with Gasteiger partial charge in [-0.05, 0) is 37.3 Å². The molecular formula is C17H24ClN3. The Bertz CT molecular complexity index is 599. The molecule has 0 bridgehead atoms. The highest BCUT2D eigenvalue weighted by Crippen LogP contribution is 2.29. The van der Waals surface area contributed by atoms with E-state index in [1.54, 1.807) is 0 Å². The minimum atomic E-state index is 0.616. The first-order valence-corrected chi connectivity index (χ1v) is 8.69. The number of halogens is 1. The minimum absolute atomic E-state index is 0.616. The zero-order chi connectivity index (χ0) is 14.7. The second-order valence-corrected chi connectivity index (χ2v) is 6.64. The molecule has 0 unspecified atom stereocenters. The largest absolute Gasteiger partial charge is 0.313 e. The number of hydrogen-bond donors (Lipinski definition) is 0. The summed E-state index contributed by atoms with van der Waals surface area (Å²) in [5, 5.41) is 0. The molecule has 0 saturated heterocycles. The Morgan fingerprint density at radius 3 is 2.90 bits per heavy atom. The Morgan fingerprint density at radius 1 is 1.33 bits per heavy atom. The lowest BCUT2D eigenvalue weighted by atomic mass is 10.0. The Hall–Kier alpha value is -1.09. The highest BCUT2D eigenvalue weighted by molar-refractivity contribution is 6.17. The van der Waals surface area contributed by atoms with Gasteiger partial charge in [0.1, 0.15) is 11.3 Å². The fraction of sp³-hybridized carbons (Fsp3) is 0.647. The van der Waals surface area contributed by atoms with Crippen LogP contribution in [0.15, 0.2) is 12.3 Å². The van der Waals surface area contributed by atoms with Crippen LogP contribution >= 0.6 is 11.6 Å². The van der Waals surface area contributed by atoms with E-state index >= 15 is 0 Å².